The normalized spacial score (nSPS) is 12.0. The highest BCUT2D eigenvalue weighted by molar-refractivity contribution is 9.09. The number of imidazole rings is 1. The van der Waals surface area contributed by atoms with Gasteiger partial charge in [0.05, 0.1) is 36.2 Å². The number of nitrogens with zero attached hydrogens (tertiary/aromatic N) is 4. The highest BCUT2D eigenvalue weighted by Gasteiger charge is 2.31. The average molecular weight is 574 g/mol. The summed E-state index contributed by atoms with van der Waals surface area (Å²) in [5.41, 5.74) is 2.47. The lowest BCUT2D eigenvalue weighted by Crippen LogP contribution is -2.20. The fourth-order valence-corrected chi connectivity index (χ4v) is 5.26. The van der Waals surface area contributed by atoms with Gasteiger partial charge >= 0.3 is 11.9 Å². The number of unbranched alkanes of at least 4 members (excludes halogenated alkanes) is 1. The Morgan fingerprint density at radius 1 is 1.08 bits per heavy atom. The highest BCUT2D eigenvalue weighted by Crippen LogP contribution is 2.37. The third-order valence-corrected chi connectivity index (χ3v) is 6.88. The Balaban J connectivity index is 1.99. The van der Waals surface area contributed by atoms with Crippen LogP contribution in [0.1, 0.15) is 64.0 Å². The number of hydrogen-bond donors (Lipinski definition) is 0. The second kappa shape index (κ2) is 11.3. The van der Waals surface area contributed by atoms with E-state index in [2.05, 4.69) is 27.8 Å². The van der Waals surface area contributed by atoms with Crippen molar-refractivity contribution in [1.29, 1.82) is 0 Å². The van der Waals surface area contributed by atoms with Crippen molar-refractivity contribution in [3.8, 4) is 5.69 Å². The number of carbonyl (C=O) groups is 2. The van der Waals surface area contributed by atoms with Crippen LogP contribution in [0.4, 0.5) is 0 Å². The summed E-state index contributed by atoms with van der Waals surface area (Å²) in [7, 11) is 1.31. The molecular weight excluding hydrogens is 548 g/mol. The monoisotopic (exact) mass is 572 g/mol. The number of benzene rings is 2. The summed E-state index contributed by atoms with van der Waals surface area (Å²) in [6.45, 7) is 4.09. The van der Waals surface area contributed by atoms with Gasteiger partial charge in [-0.1, -0.05) is 71.2 Å². The summed E-state index contributed by atoms with van der Waals surface area (Å²) in [5.74, 6) is -0.407. The zero-order valence-electron chi connectivity index (χ0n) is 20.2. The molecule has 0 aliphatic rings. The second-order valence-electron chi connectivity index (χ2n) is 8.02. The topological polar surface area (TPSA) is 88.2 Å². The quantitative estimate of drug-likeness (QED) is 0.177. The van der Waals surface area contributed by atoms with E-state index in [9.17, 15) is 9.59 Å². The van der Waals surface area contributed by atoms with E-state index in [1.807, 2.05) is 30.3 Å². The molecule has 4 aromatic rings. The zero-order valence-corrected chi connectivity index (χ0v) is 22.5. The third-order valence-electron chi connectivity index (χ3n) is 5.77. The van der Waals surface area contributed by atoms with Gasteiger partial charge in [-0.3, -0.25) is 0 Å². The molecule has 0 fully saturated rings. The number of ether oxygens (including phenoxy) is 2. The number of fused-ring (bicyclic) bond motifs is 1. The number of aromatic nitrogens is 4. The zero-order chi connectivity index (χ0) is 25.8. The molecule has 10 heteroatoms. The molecule has 0 aliphatic carbocycles. The second-order valence-corrected chi connectivity index (χ2v) is 9.25. The van der Waals surface area contributed by atoms with Crippen LogP contribution >= 0.6 is 27.5 Å². The fourth-order valence-electron chi connectivity index (χ4n) is 4.11. The van der Waals surface area contributed by atoms with Gasteiger partial charge < -0.3 is 14.0 Å². The number of hydrogen-bond acceptors (Lipinski definition) is 6. The lowest BCUT2D eigenvalue weighted by atomic mass is 10.1. The lowest BCUT2D eigenvalue weighted by molar-refractivity contribution is 0.0525. The van der Waals surface area contributed by atoms with Crippen molar-refractivity contribution in [2.24, 2.45) is 0 Å². The van der Waals surface area contributed by atoms with Crippen LogP contribution in [-0.4, -0.2) is 45.0 Å². The van der Waals surface area contributed by atoms with Crippen molar-refractivity contribution < 1.29 is 19.1 Å². The molecule has 36 heavy (non-hydrogen) atoms. The van der Waals surface area contributed by atoms with E-state index in [0.717, 1.165) is 23.7 Å². The number of aryl methyl sites for hydroxylation is 1. The van der Waals surface area contributed by atoms with Gasteiger partial charge in [0.25, 0.3) is 0 Å². The van der Waals surface area contributed by atoms with E-state index in [4.69, 9.17) is 26.2 Å². The Morgan fingerprint density at radius 2 is 1.81 bits per heavy atom. The largest absolute Gasteiger partial charge is 0.464 e. The van der Waals surface area contributed by atoms with Crippen LogP contribution in [0.5, 0.6) is 0 Å². The Morgan fingerprint density at radius 3 is 2.53 bits per heavy atom. The first-order chi connectivity index (χ1) is 17.4. The summed E-state index contributed by atoms with van der Waals surface area (Å²) in [6, 6.07) is 14.8. The maximum Gasteiger partial charge on any atom is 0.358 e. The molecule has 0 saturated heterocycles. The van der Waals surface area contributed by atoms with Crippen molar-refractivity contribution in [2.75, 3.05) is 13.7 Å². The van der Waals surface area contributed by atoms with Crippen LogP contribution in [0.2, 0.25) is 5.15 Å². The van der Waals surface area contributed by atoms with E-state index < -0.39 is 16.9 Å². The van der Waals surface area contributed by atoms with E-state index in [1.54, 1.807) is 34.4 Å². The maximum atomic E-state index is 12.8. The molecule has 0 N–H and O–H groups in total. The maximum absolute atomic E-state index is 12.8. The molecule has 1 atom stereocenters. The van der Waals surface area contributed by atoms with Crippen LogP contribution in [0, 0.1) is 0 Å². The lowest BCUT2D eigenvalue weighted by Gasteiger charge is -2.20. The number of halogens is 2. The molecule has 0 bridgehead atoms. The van der Waals surface area contributed by atoms with Gasteiger partial charge in [-0.25, -0.2) is 19.3 Å². The Bertz CT molecular complexity index is 1410. The van der Waals surface area contributed by atoms with Gasteiger partial charge in [-0.2, -0.15) is 5.10 Å². The minimum absolute atomic E-state index is 0.0692. The number of para-hydroxylation sites is 1. The molecular formula is C26H26BrClN4O4. The summed E-state index contributed by atoms with van der Waals surface area (Å²) < 4.78 is 13.8. The first kappa shape index (κ1) is 25.9. The molecule has 0 radical (unpaired) electrons. The summed E-state index contributed by atoms with van der Waals surface area (Å²) in [5, 5.41) is 5.72. The molecule has 0 spiro atoms. The van der Waals surface area contributed by atoms with Gasteiger partial charge in [0.15, 0.2) is 10.8 Å². The van der Waals surface area contributed by atoms with Gasteiger partial charge in [-0.05, 0) is 31.5 Å². The van der Waals surface area contributed by atoms with Crippen molar-refractivity contribution >= 4 is 50.4 Å². The van der Waals surface area contributed by atoms with Crippen LogP contribution in [0.3, 0.4) is 0 Å². The Hall–Kier alpha value is -3.17. The summed E-state index contributed by atoms with van der Waals surface area (Å²) >= 11 is 10.3. The van der Waals surface area contributed by atoms with E-state index in [0.29, 0.717) is 29.2 Å². The van der Waals surface area contributed by atoms with Crippen LogP contribution in [-0.2, 0) is 15.9 Å². The predicted octanol–water partition coefficient (Wildman–Crippen LogP) is 6.12. The molecule has 2 heterocycles. The number of rotatable bonds is 9. The molecule has 188 valence electrons. The standard InChI is InChI=1S/C26H26BrClN4O4/c1-4-6-15-20-29-24(28)22(26(34)35-3)31(20)23(27)21-16-11-7-9-13-18(16)30-32(21)19-14-10-8-12-17(19)25(33)36-5-2/h7-14,23H,4-6,15H2,1-3H3. The first-order valence-corrected chi connectivity index (χ1v) is 12.9. The molecule has 1 unspecified atom stereocenters. The highest BCUT2D eigenvalue weighted by atomic mass is 79.9. The Labute approximate surface area is 222 Å². The van der Waals surface area contributed by atoms with Gasteiger partial charge in [0.1, 0.15) is 10.8 Å². The van der Waals surface area contributed by atoms with Gasteiger partial charge in [-0.15, -0.1) is 0 Å². The summed E-state index contributed by atoms with van der Waals surface area (Å²) in [4.78, 5) is 29.5. The summed E-state index contributed by atoms with van der Waals surface area (Å²) in [6.07, 6.45) is 2.42. The van der Waals surface area contributed by atoms with Crippen LogP contribution < -0.4 is 0 Å². The molecule has 2 aromatic heterocycles. The SMILES string of the molecule is CCCCc1nc(Cl)c(C(=O)OC)n1C(Br)c1c2ccccc2nn1-c1ccccc1C(=O)OCC. The number of methoxy groups -OCH3 is 1. The van der Waals surface area contributed by atoms with Crippen LogP contribution in [0.25, 0.3) is 16.6 Å². The van der Waals surface area contributed by atoms with Crippen LogP contribution in [0.15, 0.2) is 48.5 Å². The van der Waals surface area contributed by atoms with Gasteiger partial charge in [0, 0.05) is 11.8 Å². The smallest absolute Gasteiger partial charge is 0.358 e. The molecule has 0 aliphatic heterocycles. The molecule has 0 amide bonds. The minimum atomic E-state index is -0.610. The van der Waals surface area contributed by atoms with Crippen molar-refractivity contribution in [3.63, 3.8) is 0 Å². The van der Waals surface area contributed by atoms with Crippen molar-refractivity contribution in [2.45, 2.75) is 38.1 Å². The molecule has 2 aromatic carbocycles. The predicted molar refractivity (Wildman–Crippen MR) is 141 cm³/mol. The van der Waals surface area contributed by atoms with Crippen molar-refractivity contribution in [3.05, 3.63) is 76.5 Å². The molecule has 4 rings (SSSR count). The van der Waals surface area contributed by atoms with E-state index >= 15 is 0 Å². The molecule has 8 nitrogen and oxygen atoms in total. The fraction of sp³-hybridized carbons (Fsp3) is 0.308. The third kappa shape index (κ3) is 4.77. The molecule has 0 saturated carbocycles. The number of alkyl halides is 1. The minimum Gasteiger partial charge on any atom is -0.464 e. The number of carbonyl (C=O) groups excluding carboxylic acids is 2. The average Bonchev–Trinajstić information content (AvgIpc) is 3.44. The van der Waals surface area contributed by atoms with E-state index in [1.165, 1.54) is 7.11 Å². The van der Waals surface area contributed by atoms with Crippen molar-refractivity contribution in [1.82, 2.24) is 19.3 Å². The first-order valence-electron chi connectivity index (χ1n) is 11.7. The number of esters is 2. The van der Waals surface area contributed by atoms with Gasteiger partial charge in [0.2, 0.25) is 0 Å². The Kier molecular flexibility index (Phi) is 8.11. The van der Waals surface area contributed by atoms with E-state index in [-0.39, 0.29) is 17.5 Å².